The lowest BCUT2D eigenvalue weighted by molar-refractivity contribution is 0.183. The molecule has 1 saturated carbocycles. The number of para-hydroxylation sites is 1. The first-order chi connectivity index (χ1) is 10.7. The molecule has 2 atom stereocenters. The third-order valence-corrected chi connectivity index (χ3v) is 10.9. The fraction of sp³-hybridized carbons (Fsp3) is 0.579. The molecule has 1 aliphatic rings. The Kier molecular flexibility index (Phi) is 4.54. The van der Waals surface area contributed by atoms with Gasteiger partial charge in [-0.1, -0.05) is 39.0 Å². The summed E-state index contributed by atoms with van der Waals surface area (Å²) in [5.41, 5.74) is 1.33. The van der Waals surface area contributed by atoms with Crippen LogP contribution in [0.5, 0.6) is 0 Å². The van der Waals surface area contributed by atoms with E-state index in [9.17, 15) is 0 Å². The van der Waals surface area contributed by atoms with E-state index in [4.69, 9.17) is 4.43 Å². The summed E-state index contributed by atoms with van der Waals surface area (Å²) in [6.45, 7) is 11.7. The van der Waals surface area contributed by atoms with Crippen molar-refractivity contribution in [2.24, 2.45) is 0 Å². The molecular weight excluding hydrogens is 366 g/mol. The highest BCUT2D eigenvalue weighted by molar-refractivity contribution is 9.10. The van der Waals surface area contributed by atoms with E-state index >= 15 is 0 Å². The maximum Gasteiger partial charge on any atom is 0.192 e. The van der Waals surface area contributed by atoms with E-state index in [-0.39, 0.29) is 5.04 Å². The van der Waals surface area contributed by atoms with Crippen LogP contribution >= 0.6 is 15.9 Å². The Bertz CT molecular complexity index is 701. The van der Waals surface area contributed by atoms with E-state index in [2.05, 4.69) is 84.8 Å². The van der Waals surface area contributed by atoms with Crippen LogP contribution in [-0.4, -0.2) is 19.0 Å². The maximum atomic E-state index is 6.65. The average molecular weight is 394 g/mol. The number of halogens is 1. The summed E-state index contributed by atoms with van der Waals surface area (Å²) in [5.74, 6) is 0. The van der Waals surface area contributed by atoms with Gasteiger partial charge in [-0.3, -0.25) is 0 Å². The van der Waals surface area contributed by atoms with Crippen molar-refractivity contribution in [3.63, 3.8) is 0 Å². The highest BCUT2D eigenvalue weighted by Gasteiger charge is 2.41. The van der Waals surface area contributed by atoms with Crippen LogP contribution in [0.1, 0.15) is 46.1 Å². The molecule has 0 bridgehead atoms. The van der Waals surface area contributed by atoms with Gasteiger partial charge in [0.15, 0.2) is 8.32 Å². The van der Waals surface area contributed by atoms with E-state index in [0.29, 0.717) is 12.1 Å². The van der Waals surface area contributed by atoms with Crippen molar-refractivity contribution in [3.05, 3.63) is 34.9 Å². The lowest BCUT2D eigenvalue weighted by Crippen LogP contribution is -2.43. The molecule has 23 heavy (non-hydrogen) atoms. The Labute approximate surface area is 149 Å². The van der Waals surface area contributed by atoms with Crippen molar-refractivity contribution < 1.29 is 4.43 Å². The number of aromatic nitrogens is 1. The summed E-state index contributed by atoms with van der Waals surface area (Å²) in [7, 11) is -1.67. The molecule has 0 spiro atoms. The molecule has 0 amide bonds. The normalized spacial score (nSPS) is 22.9. The Morgan fingerprint density at radius 1 is 1.17 bits per heavy atom. The van der Waals surface area contributed by atoms with Crippen LogP contribution in [0, 0.1) is 0 Å². The van der Waals surface area contributed by atoms with Gasteiger partial charge in [-0.25, -0.2) is 0 Å². The van der Waals surface area contributed by atoms with Crippen LogP contribution in [0.4, 0.5) is 0 Å². The molecule has 0 saturated heterocycles. The van der Waals surface area contributed by atoms with E-state index < -0.39 is 8.32 Å². The van der Waals surface area contributed by atoms with Gasteiger partial charge < -0.3 is 8.99 Å². The van der Waals surface area contributed by atoms with Gasteiger partial charge in [-0.05, 0) is 59.4 Å². The molecule has 1 fully saturated rings. The minimum atomic E-state index is -1.67. The molecule has 0 radical (unpaired) electrons. The molecule has 2 aromatic rings. The molecule has 0 aliphatic heterocycles. The highest BCUT2D eigenvalue weighted by Crippen LogP contribution is 2.42. The smallest absolute Gasteiger partial charge is 0.192 e. The first-order valence-corrected chi connectivity index (χ1v) is 12.3. The predicted octanol–water partition coefficient (Wildman–Crippen LogP) is 6.52. The van der Waals surface area contributed by atoms with Gasteiger partial charge in [-0.15, -0.1) is 0 Å². The zero-order chi connectivity index (χ0) is 16.8. The molecule has 4 heteroatoms. The summed E-state index contributed by atoms with van der Waals surface area (Å²) < 4.78 is 10.3. The zero-order valence-corrected chi connectivity index (χ0v) is 17.5. The van der Waals surface area contributed by atoms with Gasteiger partial charge in [0.2, 0.25) is 0 Å². The third-order valence-electron chi connectivity index (χ3n) is 5.71. The van der Waals surface area contributed by atoms with Gasteiger partial charge in [0.05, 0.1) is 0 Å². The summed E-state index contributed by atoms with van der Waals surface area (Å²) in [5, 5.41) is 1.59. The lowest BCUT2D eigenvalue weighted by atomic mass is 10.2. The van der Waals surface area contributed by atoms with Gasteiger partial charge in [0.25, 0.3) is 0 Å². The van der Waals surface area contributed by atoms with Gasteiger partial charge >= 0.3 is 0 Å². The fourth-order valence-electron chi connectivity index (χ4n) is 3.33. The van der Waals surface area contributed by atoms with E-state index in [1.807, 2.05) is 0 Å². The SMILES string of the molecule is CC(C)(C)[Si](C)(C)OC1CCC(n2cc(Br)c3ccccc32)C1. The summed E-state index contributed by atoms with van der Waals surface area (Å²) in [4.78, 5) is 0. The van der Waals surface area contributed by atoms with E-state index in [1.165, 1.54) is 28.2 Å². The minimum absolute atomic E-state index is 0.286. The van der Waals surface area contributed by atoms with Crippen LogP contribution in [0.25, 0.3) is 10.9 Å². The van der Waals surface area contributed by atoms with Gasteiger partial charge in [-0.2, -0.15) is 0 Å². The maximum absolute atomic E-state index is 6.65. The minimum Gasteiger partial charge on any atom is -0.414 e. The molecule has 126 valence electrons. The standard InChI is InChI=1S/C19H28BrNOSi/c1-19(2,3)23(4,5)22-15-11-10-14(12-15)21-13-17(20)16-8-6-7-9-18(16)21/h6-9,13-15H,10-12H2,1-5H3. The van der Waals surface area contributed by atoms with Gasteiger partial charge in [0.1, 0.15) is 0 Å². The second-order valence-corrected chi connectivity index (χ2v) is 14.0. The van der Waals surface area contributed by atoms with Crippen molar-refractivity contribution >= 4 is 35.2 Å². The topological polar surface area (TPSA) is 14.2 Å². The molecule has 3 rings (SSSR count). The molecule has 1 aromatic heterocycles. The molecule has 2 unspecified atom stereocenters. The quantitative estimate of drug-likeness (QED) is 0.541. The lowest BCUT2D eigenvalue weighted by Gasteiger charge is -2.38. The monoisotopic (exact) mass is 393 g/mol. The number of rotatable bonds is 3. The second-order valence-electron chi connectivity index (χ2n) is 8.37. The number of nitrogens with zero attached hydrogens (tertiary/aromatic N) is 1. The molecule has 1 heterocycles. The number of benzene rings is 1. The predicted molar refractivity (Wildman–Crippen MR) is 105 cm³/mol. The number of hydrogen-bond donors (Lipinski definition) is 0. The Balaban J connectivity index is 1.77. The van der Waals surface area contributed by atoms with E-state index in [1.54, 1.807) is 0 Å². The van der Waals surface area contributed by atoms with Gasteiger partial charge in [0, 0.05) is 33.7 Å². The largest absolute Gasteiger partial charge is 0.414 e. The van der Waals surface area contributed by atoms with Crippen molar-refractivity contribution in [2.75, 3.05) is 0 Å². The number of hydrogen-bond acceptors (Lipinski definition) is 1. The van der Waals surface area contributed by atoms with Crippen molar-refractivity contribution in [3.8, 4) is 0 Å². The molecule has 1 aliphatic carbocycles. The number of fused-ring (bicyclic) bond motifs is 1. The van der Waals surface area contributed by atoms with E-state index in [0.717, 1.165) is 6.42 Å². The molecule has 2 nitrogen and oxygen atoms in total. The van der Waals surface area contributed by atoms with Crippen LogP contribution < -0.4 is 0 Å². The summed E-state index contributed by atoms with van der Waals surface area (Å²) in [6, 6.07) is 9.21. The summed E-state index contributed by atoms with van der Waals surface area (Å²) in [6.07, 6.45) is 6.20. The molecular formula is C19H28BrNOSi. The van der Waals surface area contributed by atoms with Crippen molar-refractivity contribution in [1.29, 1.82) is 0 Å². The Morgan fingerprint density at radius 3 is 2.57 bits per heavy atom. The Morgan fingerprint density at radius 2 is 1.87 bits per heavy atom. The van der Waals surface area contributed by atoms with Crippen LogP contribution in [0.2, 0.25) is 18.1 Å². The first kappa shape index (κ1) is 17.2. The van der Waals surface area contributed by atoms with Crippen LogP contribution in [0.3, 0.4) is 0 Å². The highest BCUT2D eigenvalue weighted by atomic mass is 79.9. The average Bonchev–Trinajstić information content (AvgIpc) is 3.03. The zero-order valence-electron chi connectivity index (χ0n) is 14.9. The van der Waals surface area contributed by atoms with Crippen molar-refractivity contribution in [1.82, 2.24) is 4.57 Å². The summed E-state index contributed by atoms with van der Waals surface area (Å²) >= 11 is 3.71. The molecule has 1 aromatic carbocycles. The second kappa shape index (κ2) is 6.05. The van der Waals surface area contributed by atoms with Crippen LogP contribution in [0.15, 0.2) is 34.9 Å². The van der Waals surface area contributed by atoms with Crippen LogP contribution in [-0.2, 0) is 4.43 Å². The molecule has 0 N–H and O–H groups in total. The van der Waals surface area contributed by atoms with Crippen molar-refractivity contribution in [2.45, 2.75) is 70.3 Å². The first-order valence-electron chi connectivity index (χ1n) is 8.62. The third kappa shape index (κ3) is 3.31. The fourth-order valence-corrected chi connectivity index (χ4v) is 5.29. The Hall–Kier alpha value is -0.583.